The molecule has 19 heavy (non-hydrogen) atoms. The van der Waals surface area contributed by atoms with Gasteiger partial charge in [0.1, 0.15) is 5.56 Å². The van der Waals surface area contributed by atoms with Crippen LogP contribution in [0.15, 0.2) is 22.6 Å². The monoisotopic (exact) mass is 280 g/mol. The molecule has 102 valence electrons. The van der Waals surface area contributed by atoms with Crippen molar-refractivity contribution in [1.29, 1.82) is 0 Å². The van der Waals surface area contributed by atoms with Crippen LogP contribution in [0.4, 0.5) is 0 Å². The molecule has 0 radical (unpaired) electrons. The van der Waals surface area contributed by atoms with Gasteiger partial charge >= 0.3 is 0 Å². The first-order chi connectivity index (χ1) is 9.13. The second kappa shape index (κ2) is 5.94. The fourth-order valence-electron chi connectivity index (χ4n) is 1.74. The van der Waals surface area contributed by atoms with E-state index in [0.29, 0.717) is 11.5 Å². The molecular weight excluding hydrogens is 264 g/mol. The summed E-state index contributed by atoms with van der Waals surface area (Å²) in [5.74, 6) is -0.386. The van der Waals surface area contributed by atoms with Crippen molar-refractivity contribution in [2.24, 2.45) is 0 Å². The van der Waals surface area contributed by atoms with E-state index in [9.17, 15) is 9.59 Å². The molecule has 2 rings (SSSR count). The fourth-order valence-corrected chi connectivity index (χ4v) is 2.42. The quantitative estimate of drug-likeness (QED) is 0.835. The van der Waals surface area contributed by atoms with E-state index in [-0.39, 0.29) is 23.1 Å². The van der Waals surface area contributed by atoms with E-state index in [1.54, 1.807) is 11.6 Å². The molecule has 0 saturated carbocycles. The number of hydrogen-bond acceptors (Lipinski definition) is 5. The van der Waals surface area contributed by atoms with Gasteiger partial charge in [-0.05, 0) is 13.5 Å². The van der Waals surface area contributed by atoms with Gasteiger partial charge in [-0.2, -0.15) is 0 Å². The molecule has 6 nitrogen and oxygen atoms in total. The standard InChI is InChI=1S/C12H16N4O2S/c1-3-13-8(2)6-14-10(17)9-7-15-12-16(11(9)18)4-5-19-12/h4-5,7-8,13H,3,6H2,1-2H3,(H,14,17)/t8-/m1/s1. The van der Waals surface area contributed by atoms with Crippen LogP contribution < -0.4 is 16.2 Å². The Bertz CT molecular complexity index is 634. The minimum absolute atomic E-state index is 0.0691. The van der Waals surface area contributed by atoms with Gasteiger partial charge in [0.15, 0.2) is 4.96 Å². The number of carbonyl (C=O) groups excluding carboxylic acids is 1. The summed E-state index contributed by atoms with van der Waals surface area (Å²) >= 11 is 1.36. The molecule has 0 aliphatic carbocycles. The van der Waals surface area contributed by atoms with E-state index in [1.165, 1.54) is 21.9 Å². The second-order valence-corrected chi connectivity index (χ2v) is 5.07. The third-order valence-electron chi connectivity index (χ3n) is 2.71. The Morgan fingerprint density at radius 2 is 2.37 bits per heavy atom. The lowest BCUT2D eigenvalue weighted by Crippen LogP contribution is -2.40. The minimum atomic E-state index is -0.386. The van der Waals surface area contributed by atoms with Gasteiger partial charge in [-0.1, -0.05) is 6.92 Å². The summed E-state index contributed by atoms with van der Waals surface area (Å²) in [7, 11) is 0. The number of thiazole rings is 1. The van der Waals surface area contributed by atoms with Gasteiger partial charge in [0.2, 0.25) is 0 Å². The highest BCUT2D eigenvalue weighted by molar-refractivity contribution is 7.15. The van der Waals surface area contributed by atoms with Crippen LogP contribution >= 0.6 is 11.3 Å². The number of hydrogen-bond donors (Lipinski definition) is 2. The minimum Gasteiger partial charge on any atom is -0.350 e. The topological polar surface area (TPSA) is 75.5 Å². The number of fused-ring (bicyclic) bond motifs is 1. The van der Waals surface area contributed by atoms with Crippen molar-refractivity contribution in [3.63, 3.8) is 0 Å². The molecule has 0 bridgehead atoms. The molecule has 2 aromatic rings. The molecule has 0 aromatic carbocycles. The summed E-state index contributed by atoms with van der Waals surface area (Å²) in [5.41, 5.74) is -0.264. The average Bonchev–Trinajstić information content (AvgIpc) is 2.86. The number of carbonyl (C=O) groups is 1. The maximum Gasteiger partial charge on any atom is 0.271 e. The smallest absolute Gasteiger partial charge is 0.271 e. The molecule has 2 N–H and O–H groups in total. The Hall–Kier alpha value is -1.73. The molecule has 1 amide bonds. The Balaban J connectivity index is 2.13. The number of nitrogens with zero attached hydrogens (tertiary/aromatic N) is 2. The lowest BCUT2D eigenvalue weighted by atomic mass is 10.3. The maximum absolute atomic E-state index is 12.1. The molecule has 1 atom stereocenters. The molecule has 2 aromatic heterocycles. The lowest BCUT2D eigenvalue weighted by molar-refractivity contribution is 0.0948. The van der Waals surface area contributed by atoms with Gasteiger partial charge in [-0.25, -0.2) is 4.98 Å². The number of aromatic nitrogens is 2. The summed E-state index contributed by atoms with van der Waals surface area (Å²) < 4.78 is 1.38. The van der Waals surface area contributed by atoms with Crippen LogP contribution in [0.25, 0.3) is 4.96 Å². The molecule has 2 heterocycles. The lowest BCUT2D eigenvalue weighted by Gasteiger charge is -2.12. The van der Waals surface area contributed by atoms with E-state index in [4.69, 9.17) is 0 Å². The summed E-state index contributed by atoms with van der Waals surface area (Å²) in [4.78, 5) is 28.7. The van der Waals surface area contributed by atoms with Gasteiger partial charge in [0.25, 0.3) is 11.5 Å². The first-order valence-electron chi connectivity index (χ1n) is 6.10. The SMILES string of the molecule is CCN[C@H](C)CNC(=O)c1cnc2sccn2c1=O. The highest BCUT2D eigenvalue weighted by Crippen LogP contribution is 2.05. The predicted octanol–water partition coefficient (Wildman–Crippen LogP) is 0.484. The second-order valence-electron chi connectivity index (χ2n) is 4.20. The van der Waals surface area contributed by atoms with Crippen LogP contribution in [0.1, 0.15) is 24.2 Å². The Morgan fingerprint density at radius 1 is 1.58 bits per heavy atom. The van der Waals surface area contributed by atoms with Crippen LogP contribution in [0, 0.1) is 0 Å². The summed E-state index contributed by atoms with van der Waals surface area (Å²) in [6.45, 7) is 5.27. The molecule has 0 spiro atoms. The van der Waals surface area contributed by atoms with E-state index in [2.05, 4.69) is 15.6 Å². The molecule has 0 fully saturated rings. The number of amides is 1. The summed E-state index contributed by atoms with van der Waals surface area (Å²) in [6, 6.07) is 0.162. The van der Waals surface area contributed by atoms with Crippen LogP contribution in [-0.2, 0) is 0 Å². The van der Waals surface area contributed by atoms with E-state index in [0.717, 1.165) is 6.54 Å². The Labute approximate surface area is 114 Å². The zero-order valence-electron chi connectivity index (χ0n) is 10.8. The zero-order valence-corrected chi connectivity index (χ0v) is 11.7. The van der Waals surface area contributed by atoms with Gasteiger partial charge in [0.05, 0.1) is 0 Å². The highest BCUT2D eigenvalue weighted by Gasteiger charge is 2.14. The predicted molar refractivity (Wildman–Crippen MR) is 74.8 cm³/mol. The maximum atomic E-state index is 12.1. The zero-order chi connectivity index (χ0) is 13.8. The van der Waals surface area contributed by atoms with Gasteiger partial charge < -0.3 is 10.6 Å². The van der Waals surface area contributed by atoms with E-state index >= 15 is 0 Å². The van der Waals surface area contributed by atoms with Gasteiger partial charge in [-0.15, -0.1) is 11.3 Å². The molecule has 0 aliphatic rings. The largest absolute Gasteiger partial charge is 0.350 e. The third kappa shape index (κ3) is 2.99. The van der Waals surface area contributed by atoms with Crippen molar-refractivity contribution in [1.82, 2.24) is 20.0 Å². The van der Waals surface area contributed by atoms with Crippen molar-refractivity contribution < 1.29 is 4.79 Å². The van der Waals surface area contributed by atoms with Gasteiger partial charge in [0, 0.05) is 30.4 Å². The number of rotatable bonds is 5. The van der Waals surface area contributed by atoms with E-state index < -0.39 is 0 Å². The highest BCUT2D eigenvalue weighted by atomic mass is 32.1. The number of likely N-dealkylation sites (N-methyl/N-ethyl adjacent to an activating group) is 1. The van der Waals surface area contributed by atoms with Gasteiger partial charge in [-0.3, -0.25) is 14.0 Å². The van der Waals surface area contributed by atoms with Crippen LogP contribution in [0.5, 0.6) is 0 Å². The number of nitrogens with one attached hydrogen (secondary N) is 2. The first kappa shape index (κ1) is 13.7. The van der Waals surface area contributed by atoms with Crippen LogP contribution in [-0.4, -0.2) is 34.4 Å². The molecule has 0 unspecified atom stereocenters. The summed E-state index contributed by atoms with van der Waals surface area (Å²) in [5, 5.41) is 7.67. The van der Waals surface area contributed by atoms with Crippen molar-refractivity contribution in [3.8, 4) is 0 Å². The van der Waals surface area contributed by atoms with Crippen LogP contribution in [0.3, 0.4) is 0 Å². The van der Waals surface area contributed by atoms with Crippen molar-refractivity contribution >= 4 is 22.2 Å². The van der Waals surface area contributed by atoms with Crippen molar-refractivity contribution in [2.45, 2.75) is 19.9 Å². The first-order valence-corrected chi connectivity index (χ1v) is 6.98. The average molecular weight is 280 g/mol. The summed E-state index contributed by atoms with van der Waals surface area (Å²) in [6.07, 6.45) is 2.95. The fraction of sp³-hybridized carbons (Fsp3) is 0.417. The molecular formula is C12H16N4O2S. The van der Waals surface area contributed by atoms with Crippen molar-refractivity contribution in [3.05, 3.63) is 33.7 Å². The molecule has 7 heteroatoms. The Kier molecular flexibility index (Phi) is 4.28. The van der Waals surface area contributed by atoms with E-state index in [1.807, 2.05) is 13.8 Å². The molecule has 0 aliphatic heterocycles. The van der Waals surface area contributed by atoms with Crippen LogP contribution in [0.2, 0.25) is 0 Å². The Morgan fingerprint density at radius 3 is 3.11 bits per heavy atom. The third-order valence-corrected chi connectivity index (χ3v) is 3.48. The van der Waals surface area contributed by atoms with Crippen molar-refractivity contribution in [2.75, 3.05) is 13.1 Å². The normalized spacial score (nSPS) is 12.5. The molecule has 0 saturated heterocycles.